The van der Waals surface area contributed by atoms with Crippen molar-refractivity contribution in [2.24, 2.45) is 11.3 Å². The number of likely N-dealkylation sites (tertiary alicyclic amines) is 1. The minimum Gasteiger partial charge on any atom is -0.394 e. The number of hydrogen-bond donors (Lipinski definition) is 1. The zero-order chi connectivity index (χ0) is 22.3. The van der Waals surface area contributed by atoms with Crippen molar-refractivity contribution in [3.05, 3.63) is 47.2 Å². The van der Waals surface area contributed by atoms with E-state index in [0.29, 0.717) is 17.5 Å². The summed E-state index contributed by atoms with van der Waals surface area (Å²) in [5.74, 6) is -0.423. The number of halogens is 2. The van der Waals surface area contributed by atoms with E-state index >= 15 is 0 Å². The van der Waals surface area contributed by atoms with Gasteiger partial charge in [0.15, 0.2) is 0 Å². The topological polar surface area (TPSA) is 49.2 Å². The number of aliphatic hydroxyl groups is 1. The molecule has 3 atom stereocenters. The maximum absolute atomic E-state index is 14.5. The molecule has 2 aromatic rings. The Kier molecular flexibility index (Phi) is 4.39. The van der Waals surface area contributed by atoms with E-state index in [1.54, 1.807) is 0 Å². The molecule has 0 radical (unpaired) electrons. The van der Waals surface area contributed by atoms with Gasteiger partial charge in [0.25, 0.3) is 0 Å². The summed E-state index contributed by atoms with van der Waals surface area (Å²) in [6, 6.07) is 5.84. The summed E-state index contributed by atoms with van der Waals surface area (Å²) < 4.78 is 28.9. The van der Waals surface area contributed by atoms with Crippen molar-refractivity contribution in [1.29, 1.82) is 0 Å². The molecule has 170 valence electrons. The lowest BCUT2D eigenvalue weighted by Crippen LogP contribution is -2.54. The van der Waals surface area contributed by atoms with Crippen LogP contribution in [0.15, 0.2) is 24.3 Å². The molecule has 3 aliphatic carbocycles. The van der Waals surface area contributed by atoms with Crippen molar-refractivity contribution < 1.29 is 13.9 Å². The van der Waals surface area contributed by atoms with Gasteiger partial charge in [-0.15, -0.1) is 0 Å². The Morgan fingerprint density at radius 2 is 1.84 bits per heavy atom. The first-order valence-electron chi connectivity index (χ1n) is 12.0. The monoisotopic (exact) mass is 439 g/mol. The highest BCUT2D eigenvalue weighted by atomic mass is 19.1. The van der Waals surface area contributed by atoms with Gasteiger partial charge in [-0.25, -0.2) is 8.78 Å². The van der Waals surface area contributed by atoms with Crippen LogP contribution in [-0.4, -0.2) is 45.4 Å². The van der Waals surface area contributed by atoms with Gasteiger partial charge in [-0.3, -0.25) is 4.90 Å². The zero-order valence-corrected chi connectivity index (χ0v) is 18.9. The number of benzene rings is 1. The van der Waals surface area contributed by atoms with Crippen molar-refractivity contribution in [3.8, 4) is 11.3 Å². The van der Waals surface area contributed by atoms with Gasteiger partial charge in [0.05, 0.1) is 23.6 Å². The molecule has 1 aromatic carbocycles. The SMILES string of the molecule is CC1(C)C2CCC1(C1CCCN(C3(CO)CC3)C1)c1nnc(-c3c(F)cccc3F)cc12. The minimum absolute atomic E-state index is 0.00318. The number of nitrogens with zero attached hydrogens (tertiary/aromatic N) is 3. The fourth-order valence-electron chi connectivity index (χ4n) is 7.67. The van der Waals surface area contributed by atoms with Crippen LogP contribution in [0.2, 0.25) is 0 Å². The lowest BCUT2D eigenvalue weighted by molar-refractivity contribution is 0.0135. The van der Waals surface area contributed by atoms with Crippen molar-refractivity contribution in [2.45, 2.75) is 69.2 Å². The highest BCUT2D eigenvalue weighted by molar-refractivity contribution is 5.63. The van der Waals surface area contributed by atoms with Crippen LogP contribution >= 0.6 is 0 Å². The molecule has 4 aliphatic rings. The van der Waals surface area contributed by atoms with E-state index in [-0.39, 0.29) is 28.5 Å². The molecular formula is C26H31F2N3O. The molecule has 1 aromatic heterocycles. The van der Waals surface area contributed by atoms with Crippen LogP contribution in [0.4, 0.5) is 8.78 Å². The number of fused-ring (bicyclic) bond motifs is 5. The van der Waals surface area contributed by atoms with Crippen LogP contribution in [0.3, 0.4) is 0 Å². The maximum atomic E-state index is 14.5. The van der Waals surface area contributed by atoms with Gasteiger partial charge in [0.1, 0.15) is 11.6 Å². The third-order valence-electron chi connectivity index (χ3n) is 9.60. The van der Waals surface area contributed by atoms with E-state index in [1.807, 2.05) is 6.07 Å². The molecular weight excluding hydrogens is 408 g/mol. The molecule has 2 heterocycles. The van der Waals surface area contributed by atoms with Crippen molar-refractivity contribution in [3.63, 3.8) is 0 Å². The molecule has 1 aliphatic heterocycles. The fraction of sp³-hybridized carbons (Fsp3) is 0.615. The molecule has 0 spiro atoms. The lowest BCUT2D eigenvalue weighted by Gasteiger charge is -2.49. The first-order chi connectivity index (χ1) is 15.3. The Labute approximate surface area is 188 Å². The smallest absolute Gasteiger partial charge is 0.135 e. The van der Waals surface area contributed by atoms with Crippen LogP contribution in [-0.2, 0) is 5.41 Å². The standard InChI is InChI=1S/C26H31F2N3O/c1-24(2)18-8-9-26(24,16-5-4-12-31(14-16)25(15-32)10-11-25)23-17(18)13-21(29-30-23)22-19(27)6-3-7-20(22)28/h3,6-7,13,16,18,32H,4-5,8-12,14-15H2,1-2H3. The predicted octanol–water partition coefficient (Wildman–Crippen LogP) is 4.81. The van der Waals surface area contributed by atoms with Crippen LogP contribution < -0.4 is 0 Å². The van der Waals surface area contributed by atoms with Crippen molar-refractivity contribution in [1.82, 2.24) is 15.1 Å². The molecule has 2 bridgehead atoms. The first kappa shape index (κ1) is 20.7. The molecule has 2 saturated carbocycles. The first-order valence-corrected chi connectivity index (χ1v) is 12.0. The fourth-order valence-corrected chi connectivity index (χ4v) is 7.67. The molecule has 6 rings (SSSR count). The lowest BCUT2D eigenvalue weighted by atomic mass is 9.59. The normalized spacial score (nSPS) is 32.2. The second-order valence-electron chi connectivity index (χ2n) is 11.1. The van der Waals surface area contributed by atoms with E-state index in [4.69, 9.17) is 5.10 Å². The average Bonchev–Trinajstić information content (AvgIpc) is 3.51. The third kappa shape index (κ3) is 2.54. The van der Waals surface area contributed by atoms with Crippen molar-refractivity contribution >= 4 is 0 Å². The van der Waals surface area contributed by atoms with Gasteiger partial charge in [-0.05, 0) is 86.1 Å². The molecule has 1 N–H and O–H groups in total. The van der Waals surface area contributed by atoms with Gasteiger partial charge in [-0.2, -0.15) is 10.2 Å². The highest BCUT2D eigenvalue weighted by Gasteiger charge is 2.67. The summed E-state index contributed by atoms with van der Waals surface area (Å²) in [7, 11) is 0. The van der Waals surface area contributed by atoms with Gasteiger partial charge in [0.2, 0.25) is 0 Å². The largest absolute Gasteiger partial charge is 0.394 e. The van der Waals surface area contributed by atoms with Gasteiger partial charge < -0.3 is 5.11 Å². The summed E-state index contributed by atoms with van der Waals surface area (Å²) in [6.07, 6.45) is 6.62. The molecule has 3 unspecified atom stereocenters. The number of piperidine rings is 1. The zero-order valence-electron chi connectivity index (χ0n) is 18.9. The Balaban J connectivity index is 1.43. The van der Waals surface area contributed by atoms with E-state index in [1.165, 1.54) is 18.2 Å². The second kappa shape index (κ2) is 6.80. The Bertz CT molecular complexity index is 1060. The Morgan fingerprint density at radius 3 is 2.53 bits per heavy atom. The summed E-state index contributed by atoms with van der Waals surface area (Å²) in [4.78, 5) is 2.54. The summed E-state index contributed by atoms with van der Waals surface area (Å²) in [6.45, 7) is 7.00. The highest BCUT2D eigenvalue weighted by Crippen LogP contribution is 2.71. The molecule has 3 fully saturated rings. The summed E-state index contributed by atoms with van der Waals surface area (Å²) in [5.41, 5.74) is 2.34. The molecule has 4 nitrogen and oxygen atoms in total. The Hall–Kier alpha value is -1.92. The van der Waals surface area contributed by atoms with Gasteiger partial charge >= 0.3 is 0 Å². The third-order valence-corrected chi connectivity index (χ3v) is 9.60. The number of aliphatic hydroxyl groups excluding tert-OH is 1. The van der Waals surface area contributed by atoms with Gasteiger partial charge in [0, 0.05) is 17.5 Å². The predicted molar refractivity (Wildman–Crippen MR) is 118 cm³/mol. The average molecular weight is 440 g/mol. The molecule has 6 heteroatoms. The van der Waals surface area contributed by atoms with E-state index in [9.17, 15) is 13.9 Å². The number of aromatic nitrogens is 2. The van der Waals surface area contributed by atoms with E-state index in [2.05, 4.69) is 23.8 Å². The van der Waals surface area contributed by atoms with E-state index in [0.717, 1.165) is 62.9 Å². The van der Waals surface area contributed by atoms with Crippen LogP contribution in [0.25, 0.3) is 11.3 Å². The quantitative estimate of drug-likeness (QED) is 0.743. The number of rotatable bonds is 4. The Morgan fingerprint density at radius 1 is 1.09 bits per heavy atom. The molecule has 1 saturated heterocycles. The van der Waals surface area contributed by atoms with Gasteiger partial charge in [-0.1, -0.05) is 19.9 Å². The summed E-state index contributed by atoms with van der Waals surface area (Å²) >= 11 is 0. The van der Waals surface area contributed by atoms with Crippen LogP contribution in [0.1, 0.15) is 69.5 Å². The van der Waals surface area contributed by atoms with E-state index < -0.39 is 11.6 Å². The maximum Gasteiger partial charge on any atom is 0.135 e. The second-order valence-corrected chi connectivity index (χ2v) is 11.1. The summed E-state index contributed by atoms with van der Waals surface area (Å²) in [5, 5.41) is 19.1. The van der Waals surface area contributed by atoms with Crippen LogP contribution in [0.5, 0.6) is 0 Å². The molecule has 32 heavy (non-hydrogen) atoms. The van der Waals surface area contributed by atoms with Crippen LogP contribution in [0, 0.1) is 23.0 Å². The molecule has 0 amide bonds. The number of hydrogen-bond acceptors (Lipinski definition) is 4. The van der Waals surface area contributed by atoms with Crippen molar-refractivity contribution in [2.75, 3.05) is 19.7 Å². The minimum atomic E-state index is -0.599.